The molecule has 28 heavy (non-hydrogen) atoms. The molecule has 1 aromatic rings. The van der Waals surface area contributed by atoms with E-state index in [4.69, 9.17) is 32.9 Å². The highest BCUT2D eigenvalue weighted by Crippen LogP contribution is 2.32. The zero-order valence-electron chi connectivity index (χ0n) is 16.9. The van der Waals surface area contributed by atoms with Gasteiger partial charge in [0.15, 0.2) is 5.05 Å². The van der Waals surface area contributed by atoms with Crippen molar-refractivity contribution in [1.82, 2.24) is 4.31 Å². The maximum absolute atomic E-state index is 13.4. The van der Waals surface area contributed by atoms with Gasteiger partial charge in [0.2, 0.25) is 10.0 Å². The Morgan fingerprint density at radius 2 is 1.96 bits per heavy atom. The van der Waals surface area contributed by atoms with E-state index >= 15 is 0 Å². The summed E-state index contributed by atoms with van der Waals surface area (Å²) in [5.74, 6) is 2.87. The van der Waals surface area contributed by atoms with Crippen LogP contribution in [0.15, 0.2) is 29.2 Å². The minimum Gasteiger partial charge on any atom is -0.481 e. The smallest absolute Gasteiger partial charge is 0.243 e. The number of hydrogen-bond acceptors (Lipinski definition) is 6. The van der Waals surface area contributed by atoms with Gasteiger partial charge in [0, 0.05) is 6.54 Å². The van der Waals surface area contributed by atoms with E-state index in [2.05, 4.69) is 5.92 Å². The van der Waals surface area contributed by atoms with Crippen molar-refractivity contribution in [3.8, 4) is 18.1 Å². The second kappa shape index (κ2) is 8.37. The van der Waals surface area contributed by atoms with E-state index < -0.39 is 27.3 Å². The normalized spacial score (nSPS) is 20.2. The summed E-state index contributed by atoms with van der Waals surface area (Å²) in [4.78, 5) is 0.141. The molecule has 2 rings (SSSR count). The third-order valence-corrected chi connectivity index (χ3v) is 6.30. The minimum atomic E-state index is -3.83. The molecule has 0 N–H and O–H groups in total. The lowest BCUT2D eigenvalue weighted by molar-refractivity contribution is -0.0887. The largest absolute Gasteiger partial charge is 0.481 e. The van der Waals surface area contributed by atoms with Gasteiger partial charge in [-0.05, 0) is 71.1 Å². The van der Waals surface area contributed by atoms with Gasteiger partial charge in [-0.25, -0.2) is 8.42 Å². The zero-order chi connectivity index (χ0) is 21.2. The molecular weight excluding hydrogens is 398 g/mol. The molecule has 6 nitrogen and oxygen atoms in total. The summed E-state index contributed by atoms with van der Waals surface area (Å²) in [5, 5.41) is 0.190. The summed E-state index contributed by atoms with van der Waals surface area (Å²) in [5.41, 5.74) is -1.38. The van der Waals surface area contributed by atoms with E-state index in [1.54, 1.807) is 12.1 Å². The first kappa shape index (κ1) is 22.6. The topological polar surface area (TPSA) is 65.1 Å². The predicted octanol–water partition coefficient (Wildman–Crippen LogP) is 3.01. The van der Waals surface area contributed by atoms with Crippen molar-refractivity contribution in [3.63, 3.8) is 0 Å². The second-order valence-corrected chi connectivity index (χ2v) is 10.3. The van der Waals surface area contributed by atoms with E-state index in [0.29, 0.717) is 5.75 Å². The number of morpholine rings is 1. The molecule has 0 radical (unpaired) electrons. The molecule has 1 aliphatic heterocycles. The van der Waals surface area contributed by atoms with Crippen LogP contribution < -0.4 is 4.74 Å². The third-order valence-electron chi connectivity index (χ3n) is 4.11. The van der Waals surface area contributed by atoms with Crippen molar-refractivity contribution in [3.05, 3.63) is 24.3 Å². The standard InChI is InChI=1S/C20H27NO5S2/c1-7-13-24-15-8-10-16(11-9-15)28(22,23)21-12-14-25-20(5,6)17(21)18(27)26-19(2,3)4/h1,8-11,17H,12-14H2,2-6H3/t17-/m1/s1. The Kier molecular flexibility index (Phi) is 6.77. The fourth-order valence-corrected chi connectivity index (χ4v) is 5.36. The molecule has 0 amide bonds. The van der Waals surface area contributed by atoms with Crippen molar-refractivity contribution >= 4 is 27.3 Å². The van der Waals surface area contributed by atoms with Crippen molar-refractivity contribution < 1.29 is 22.6 Å². The Labute approximate surface area is 173 Å². The fourth-order valence-electron chi connectivity index (χ4n) is 2.94. The highest BCUT2D eigenvalue weighted by molar-refractivity contribution is 7.89. The number of thiocarbonyl (C=S) groups is 1. The van der Waals surface area contributed by atoms with E-state index in [1.807, 2.05) is 34.6 Å². The number of terminal acetylenes is 1. The summed E-state index contributed by atoms with van der Waals surface area (Å²) >= 11 is 5.49. The number of nitrogens with zero attached hydrogens (tertiary/aromatic N) is 1. The second-order valence-electron chi connectivity index (χ2n) is 7.97. The molecule has 8 heteroatoms. The monoisotopic (exact) mass is 425 g/mol. The number of ether oxygens (including phenoxy) is 3. The van der Waals surface area contributed by atoms with Crippen LogP contribution in [0.1, 0.15) is 34.6 Å². The molecule has 0 bridgehead atoms. The van der Waals surface area contributed by atoms with Crippen molar-refractivity contribution in [1.29, 1.82) is 0 Å². The van der Waals surface area contributed by atoms with Crippen LogP contribution in [0.25, 0.3) is 0 Å². The number of benzene rings is 1. The molecule has 154 valence electrons. The highest BCUT2D eigenvalue weighted by Gasteiger charge is 2.48. The van der Waals surface area contributed by atoms with Gasteiger partial charge in [-0.15, -0.1) is 6.42 Å². The van der Waals surface area contributed by atoms with E-state index in [9.17, 15) is 8.42 Å². The Morgan fingerprint density at radius 3 is 2.50 bits per heavy atom. The van der Waals surface area contributed by atoms with Crippen LogP contribution in [0, 0.1) is 12.3 Å². The summed E-state index contributed by atoms with van der Waals surface area (Å²) < 4.78 is 45.1. The summed E-state index contributed by atoms with van der Waals surface area (Å²) in [6.45, 7) is 9.79. The Morgan fingerprint density at radius 1 is 1.36 bits per heavy atom. The summed E-state index contributed by atoms with van der Waals surface area (Å²) in [6.07, 6.45) is 5.17. The van der Waals surface area contributed by atoms with Gasteiger partial charge in [-0.3, -0.25) is 0 Å². The first-order chi connectivity index (χ1) is 12.9. The van der Waals surface area contributed by atoms with Gasteiger partial charge in [0.1, 0.15) is 24.0 Å². The van der Waals surface area contributed by atoms with Crippen LogP contribution >= 0.6 is 12.2 Å². The van der Waals surface area contributed by atoms with Gasteiger partial charge in [0.25, 0.3) is 0 Å². The maximum Gasteiger partial charge on any atom is 0.243 e. The van der Waals surface area contributed by atoms with Crippen LogP contribution in [-0.2, 0) is 19.5 Å². The Bertz CT molecular complexity index is 848. The SMILES string of the molecule is C#CCOc1ccc(S(=O)(=O)N2CCOC(C)(C)[C@H]2C(=S)OC(C)(C)C)cc1. The molecule has 1 aliphatic rings. The molecule has 0 aromatic heterocycles. The molecule has 0 unspecified atom stereocenters. The molecule has 1 saturated heterocycles. The molecule has 1 heterocycles. The molecule has 0 aliphatic carbocycles. The van der Waals surface area contributed by atoms with Gasteiger partial charge < -0.3 is 14.2 Å². The first-order valence-electron chi connectivity index (χ1n) is 8.93. The van der Waals surface area contributed by atoms with Crippen LogP contribution in [0.4, 0.5) is 0 Å². The maximum atomic E-state index is 13.4. The Hall–Kier alpha value is -1.66. The van der Waals surface area contributed by atoms with E-state index in [1.165, 1.54) is 16.4 Å². The van der Waals surface area contributed by atoms with Crippen molar-refractivity contribution in [2.24, 2.45) is 0 Å². The zero-order valence-corrected chi connectivity index (χ0v) is 18.5. The molecule has 1 aromatic carbocycles. The van der Waals surface area contributed by atoms with Gasteiger partial charge in [0.05, 0.1) is 17.1 Å². The van der Waals surface area contributed by atoms with Crippen LogP contribution in [0.2, 0.25) is 0 Å². The molecular formula is C20H27NO5S2. The molecule has 1 atom stereocenters. The highest BCUT2D eigenvalue weighted by atomic mass is 32.2. The number of rotatable bonds is 5. The van der Waals surface area contributed by atoms with E-state index in [0.717, 1.165) is 0 Å². The van der Waals surface area contributed by atoms with E-state index in [-0.39, 0.29) is 29.7 Å². The van der Waals surface area contributed by atoms with Crippen molar-refractivity contribution in [2.75, 3.05) is 19.8 Å². The minimum absolute atomic E-state index is 0.115. The van der Waals surface area contributed by atoms with Gasteiger partial charge >= 0.3 is 0 Å². The number of sulfonamides is 1. The first-order valence-corrected chi connectivity index (χ1v) is 10.8. The van der Waals surface area contributed by atoms with Gasteiger partial charge in [-0.2, -0.15) is 4.31 Å². The molecule has 0 saturated carbocycles. The summed E-state index contributed by atoms with van der Waals surface area (Å²) in [6, 6.07) is 5.41. The fraction of sp³-hybridized carbons (Fsp3) is 0.550. The van der Waals surface area contributed by atoms with Gasteiger partial charge in [-0.1, -0.05) is 5.92 Å². The molecule has 1 fully saturated rings. The lowest BCUT2D eigenvalue weighted by Gasteiger charge is -2.45. The third kappa shape index (κ3) is 5.23. The van der Waals surface area contributed by atoms with Crippen LogP contribution in [-0.4, -0.2) is 54.8 Å². The van der Waals surface area contributed by atoms with Crippen LogP contribution in [0.5, 0.6) is 5.75 Å². The quantitative estimate of drug-likeness (QED) is 0.534. The summed E-state index contributed by atoms with van der Waals surface area (Å²) in [7, 11) is -3.83. The lowest BCUT2D eigenvalue weighted by Crippen LogP contribution is -2.62. The average molecular weight is 426 g/mol. The predicted molar refractivity (Wildman–Crippen MR) is 112 cm³/mol. The number of hydrogen-bond donors (Lipinski definition) is 0. The Balaban J connectivity index is 2.37. The molecule has 0 spiro atoms. The van der Waals surface area contributed by atoms with Crippen LogP contribution in [0.3, 0.4) is 0 Å². The van der Waals surface area contributed by atoms with Crippen molar-refractivity contribution in [2.45, 2.75) is 56.8 Å². The average Bonchev–Trinajstić information content (AvgIpc) is 2.57. The lowest BCUT2D eigenvalue weighted by atomic mass is 9.97.